The average Bonchev–Trinajstić information content (AvgIpc) is 2.82. The number of nitriles is 1. The van der Waals surface area contributed by atoms with Crippen LogP contribution in [0, 0.1) is 16.7 Å². The van der Waals surface area contributed by atoms with Crippen molar-refractivity contribution >= 4 is 45.0 Å². The van der Waals surface area contributed by atoms with E-state index in [1.807, 2.05) is 13.0 Å². The predicted octanol–water partition coefficient (Wildman–Crippen LogP) is 0.213. The van der Waals surface area contributed by atoms with Crippen LogP contribution < -0.4 is 34.5 Å². The summed E-state index contributed by atoms with van der Waals surface area (Å²) < 4.78 is 32.9. The molecule has 0 amide bonds. The zero-order valence-electron chi connectivity index (χ0n) is 15.8. The van der Waals surface area contributed by atoms with Crippen molar-refractivity contribution in [3.63, 3.8) is 0 Å². The largest absolute Gasteiger partial charge is 1.00 e. The molecular weight excluding hydrogens is 445 g/mol. The maximum Gasteiger partial charge on any atom is 1.00 e. The molecule has 0 saturated heterocycles. The summed E-state index contributed by atoms with van der Waals surface area (Å²) in [5, 5.41) is 28.5. The van der Waals surface area contributed by atoms with Crippen LogP contribution in [-0.4, -0.2) is 46.2 Å². The Hall–Kier alpha value is -0.990. The standard InChI is InChI=1S/C18H18ClN3O4S2.Na/c1-18-15(8-13(23)9-16(18)27-6-7-28(24,25)26)14(10-20)17(21)22(18)12-4-2-11(19)3-5-12;/h2-5,8,16,21,23H,6-7,9H2,1H3,(H,24,25,26);/q;+1/p-1/t16-,18+;/m0./s1. The summed E-state index contributed by atoms with van der Waals surface area (Å²) in [4.78, 5) is 1.70. The molecule has 1 aromatic rings. The van der Waals surface area contributed by atoms with Crippen LogP contribution in [-0.2, 0) is 10.1 Å². The van der Waals surface area contributed by atoms with E-state index in [4.69, 9.17) is 17.0 Å². The molecule has 7 nitrogen and oxygen atoms in total. The van der Waals surface area contributed by atoms with Crippen molar-refractivity contribution in [1.29, 1.82) is 10.7 Å². The molecule has 11 heteroatoms. The Kier molecular flexibility index (Phi) is 7.55. The molecule has 0 saturated carbocycles. The van der Waals surface area contributed by atoms with Gasteiger partial charge in [0, 0.05) is 39.5 Å². The van der Waals surface area contributed by atoms with Gasteiger partial charge in [0.05, 0.1) is 21.4 Å². The van der Waals surface area contributed by atoms with Crippen LogP contribution in [0.15, 0.2) is 47.2 Å². The van der Waals surface area contributed by atoms with Crippen LogP contribution in [0.3, 0.4) is 0 Å². The van der Waals surface area contributed by atoms with Crippen LogP contribution in [0.4, 0.5) is 5.69 Å². The molecule has 0 unspecified atom stereocenters. The first-order chi connectivity index (χ1) is 13.1. The number of anilines is 1. The molecular formula is C18H17ClN3NaO4S2. The van der Waals surface area contributed by atoms with Gasteiger partial charge in [-0.2, -0.15) is 17.0 Å². The first-order valence-electron chi connectivity index (χ1n) is 8.32. The van der Waals surface area contributed by atoms with Crippen molar-refractivity contribution in [2.75, 3.05) is 16.4 Å². The summed E-state index contributed by atoms with van der Waals surface area (Å²) in [6.45, 7) is 1.85. The third-order valence-electron chi connectivity index (χ3n) is 4.92. The van der Waals surface area contributed by atoms with E-state index in [1.165, 1.54) is 17.8 Å². The third-order valence-corrected chi connectivity index (χ3v) is 7.60. The van der Waals surface area contributed by atoms with E-state index in [9.17, 15) is 23.3 Å². The number of nitrogens with one attached hydrogen (secondary N) is 1. The fraction of sp³-hybridized carbons (Fsp3) is 0.333. The number of benzene rings is 1. The summed E-state index contributed by atoms with van der Waals surface area (Å²) >= 11 is 7.21. The Morgan fingerprint density at radius 1 is 1.45 bits per heavy atom. The number of hydrogen-bond donors (Lipinski definition) is 2. The maximum absolute atomic E-state index is 11.0. The zero-order valence-corrected chi connectivity index (χ0v) is 20.2. The van der Waals surface area contributed by atoms with Gasteiger partial charge in [-0.05, 0) is 37.3 Å². The second-order valence-electron chi connectivity index (χ2n) is 6.67. The normalized spacial score (nSPS) is 23.9. The number of hydrogen-bond acceptors (Lipinski definition) is 7. The van der Waals surface area contributed by atoms with Gasteiger partial charge in [-0.3, -0.25) is 5.41 Å². The van der Waals surface area contributed by atoms with Crippen LogP contribution in [0.1, 0.15) is 13.3 Å². The second kappa shape index (κ2) is 9.02. The molecule has 1 heterocycles. The van der Waals surface area contributed by atoms with Gasteiger partial charge in [-0.15, -0.1) is 0 Å². The topological polar surface area (TPSA) is 128 Å². The van der Waals surface area contributed by atoms with Gasteiger partial charge in [0.1, 0.15) is 17.5 Å². The van der Waals surface area contributed by atoms with Crippen molar-refractivity contribution in [2.24, 2.45) is 0 Å². The number of aliphatic hydroxyl groups is 1. The molecule has 29 heavy (non-hydrogen) atoms. The van der Waals surface area contributed by atoms with Crippen LogP contribution >= 0.6 is 23.4 Å². The van der Waals surface area contributed by atoms with Crippen molar-refractivity contribution < 1.29 is 47.6 Å². The number of thioether (sulfide) groups is 1. The molecule has 0 fully saturated rings. The van der Waals surface area contributed by atoms with Crippen molar-refractivity contribution in [3.05, 3.63) is 52.3 Å². The minimum atomic E-state index is -4.36. The average molecular weight is 462 g/mol. The molecule has 2 atom stereocenters. The van der Waals surface area contributed by atoms with E-state index in [2.05, 4.69) is 0 Å². The Bertz CT molecular complexity index is 1030. The first kappa shape index (κ1) is 24.3. The van der Waals surface area contributed by atoms with Gasteiger partial charge in [-0.1, -0.05) is 11.6 Å². The van der Waals surface area contributed by atoms with Gasteiger partial charge in [-0.25, -0.2) is 8.42 Å². The van der Waals surface area contributed by atoms with E-state index in [1.54, 1.807) is 29.2 Å². The van der Waals surface area contributed by atoms with Gasteiger partial charge in [0.15, 0.2) is 0 Å². The van der Waals surface area contributed by atoms with E-state index in [-0.39, 0.29) is 64.1 Å². The monoisotopic (exact) mass is 461 g/mol. The maximum atomic E-state index is 11.0. The molecule has 2 N–H and O–H groups in total. The smallest absolute Gasteiger partial charge is 0.748 e. The summed E-state index contributed by atoms with van der Waals surface area (Å²) in [6.07, 6.45) is 1.73. The molecule has 1 aliphatic carbocycles. The predicted molar refractivity (Wildman–Crippen MR) is 109 cm³/mol. The van der Waals surface area contributed by atoms with Gasteiger partial charge >= 0.3 is 29.6 Å². The zero-order chi connectivity index (χ0) is 20.7. The number of amidine groups is 1. The Morgan fingerprint density at radius 3 is 2.62 bits per heavy atom. The van der Waals surface area contributed by atoms with E-state index in [0.717, 1.165) is 0 Å². The van der Waals surface area contributed by atoms with Crippen molar-refractivity contribution in [2.45, 2.75) is 24.1 Å². The Morgan fingerprint density at radius 2 is 2.07 bits per heavy atom. The molecule has 0 radical (unpaired) electrons. The number of fused-ring (bicyclic) bond motifs is 1. The minimum Gasteiger partial charge on any atom is -0.748 e. The van der Waals surface area contributed by atoms with Gasteiger partial charge < -0.3 is 14.6 Å². The summed E-state index contributed by atoms with van der Waals surface area (Å²) in [6, 6.07) is 8.88. The molecule has 0 spiro atoms. The third kappa shape index (κ3) is 4.69. The Balaban J connectivity index is 0.00000300. The summed E-state index contributed by atoms with van der Waals surface area (Å²) in [5.74, 6) is -0.433. The van der Waals surface area contributed by atoms with E-state index < -0.39 is 21.4 Å². The molecule has 1 aliphatic heterocycles. The molecule has 148 valence electrons. The second-order valence-corrected chi connectivity index (χ2v) is 9.94. The minimum absolute atomic E-state index is 0. The van der Waals surface area contributed by atoms with Crippen LogP contribution in [0.5, 0.6) is 0 Å². The number of nitrogens with zero attached hydrogens (tertiary/aromatic N) is 2. The van der Waals surface area contributed by atoms with Crippen molar-refractivity contribution in [3.8, 4) is 6.07 Å². The van der Waals surface area contributed by atoms with Crippen LogP contribution in [0.25, 0.3) is 0 Å². The number of allylic oxidation sites excluding steroid dienone is 1. The molecule has 0 aromatic heterocycles. The fourth-order valence-corrected chi connectivity index (χ4v) is 6.07. The number of aliphatic hydroxyl groups excluding tert-OH is 1. The fourth-order valence-electron chi connectivity index (χ4n) is 3.61. The van der Waals surface area contributed by atoms with Gasteiger partial charge in [0.2, 0.25) is 0 Å². The van der Waals surface area contributed by atoms with Gasteiger partial charge in [0.25, 0.3) is 0 Å². The van der Waals surface area contributed by atoms with Crippen molar-refractivity contribution in [1.82, 2.24) is 0 Å². The molecule has 3 rings (SSSR count). The quantitative estimate of drug-likeness (QED) is 0.474. The SMILES string of the molecule is C[C@]12C(=C(C#N)C(=N)N1c1ccc(Cl)cc1)C=C(O)C[C@@H]2SCCS(=O)(=O)[O-].[Na+]. The molecule has 2 aliphatic rings. The van der Waals surface area contributed by atoms with E-state index >= 15 is 0 Å². The summed E-state index contributed by atoms with van der Waals surface area (Å²) in [7, 11) is -4.36. The molecule has 1 aromatic carbocycles. The number of rotatable bonds is 5. The summed E-state index contributed by atoms with van der Waals surface area (Å²) in [5.41, 5.74) is 0.419. The Labute approximate surface area is 201 Å². The van der Waals surface area contributed by atoms with Crippen LogP contribution in [0.2, 0.25) is 5.02 Å². The molecule has 0 bridgehead atoms. The number of halogens is 1. The van der Waals surface area contributed by atoms with E-state index in [0.29, 0.717) is 16.3 Å². The first-order valence-corrected chi connectivity index (χ1v) is 11.3.